The minimum Gasteiger partial charge on any atom is -0.305 e. The highest BCUT2D eigenvalue weighted by molar-refractivity contribution is 9.10. The van der Waals surface area contributed by atoms with E-state index in [1.54, 1.807) is 12.2 Å². The Balaban J connectivity index is 2.85. The van der Waals surface area contributed by atoms with Crippen LogP contribution in [0.5, 0.6) is 0 Å². The minimum atomic E-state index is -4.73. The molecule has 0 spiro atoms. The molecule has 0 aliphatic rings. The van der Waals surface area contributed by atoms with Crippen molar-refractivity contribution < 1.29 is 22.4 Å². The van der Waals surface area contributed by atoms with Crippen LogP contribution >= 0.6 is 15.9 Å². The summed E-state index contributed by atoms with van der Waals surface area (Å²) >= 11 is 3.11. The summed E-state index contributed by atoms with van der Waals surface area (Å²) in [5.41, 5.74) is 0.433. The number of alkyl halides is 4. The predicted octanol–water partition coefficient (Wildman–Crippen LogP) is 2.99. The van der Waals surface area contributed by atoms with Gasteiger partial charge in [0.1, 0.15) is 5.82 Å². The maximum absolute atomic E-state index is 12.6. The summed E-state index contributed by atoms with van der Waals surface area (Å²) in [5.74, 6) is -7.03. The monoisotopic (exact) mass is 314 g/mol. The highest BCUT2D eigenvalue weighted by Gasteiger charge is 2.49. The van der Waals surface area contributed by atoms with Crippen LogP contribution in [0.25, 0.3) is 0 Å². The number of hydrogen-bond acceptors (Lipinski definition) is 2. The lowest BCUT2D eigenvalue weighted by molar-refractivity contribution is -0.163. The lowest BCUT2D eigenvalue weighted by Crippen LogP contribution is -2.41. The Kier molecular flexibility index (Phi) is 4.07. The van der Waals surface area contributed by atoms with Gasteiger partial charge in [0.25, 0.3) is 0 Å². The Morgan fingerprint density at radius 1 is 1.47 bits per heavy atom. The summed E-state index contributed by atoms with van der Waals surface area (Å²) in [6, 6.07) is 2.68. The van der Waals surface area contributed by atoms with Gasteiger partial charge in [0.2, 0.25) is 0 Å². The number of halogens is 5. The topological polar surface area (TPSA) is 42.0 Å². The van der Waals surface area contributed by atoms with Crippen LogP contribution in [-0.4, -0.2) is 23.2 Å². The van der Waals surface area contributed by atoms with Crippen molar-refractivity contribution in [2.45, 2.75) is 19.3 Å². The first-order valence-electron chi connectivity index (χ1n) is 4.35. The van der Waals surface area contributed by atoms with Crippen LogP contribution in [0, 0.1) is 6.92 Å². The van der Waals surface area contributed by atoms with Crippen LogP contribution in [0.2, 0.25) is 0 Å². The molecule has 0 aliphatic carbocycles. The summed E-state index contributed by atoms with van der Waals surface area (Å²) in [5, 5.41) is 1.63. The number of carbonyl (C=O) groups is 1. The first-order valence-corrected chi connectivity index (χ1v) is 5.15. The molecule has 1 amide bonds. The molecule has 1 rings (SSSR count). The third kappa shape index (κ3) is 3.15. The second-order valence-corrected chi connectivity index (χ2v) is 4.00. The van der Waals surface area contributed by atoms with Gasteiger partial charge in [-0.1, -0.05) is 0 Å². The Morgan fingerprint density at radius 2 is 2.06 bits per heavy atom. The van der Waals surface area contributed by atoms with Gasteiger partial charge in [-0.25, -0.2) is 13.8 Å². The molecule has 0 fully saturated rings. The van der Waals surface area contributed by atoms with E-state index in [9.17, 15) is 22.4 Å². The first kappa shape index (κ1) is 13.9. The third-order valence-electron chi connectivity index (χ3n) is 1.84. The maximum Gasteiger partial charge on any atom is 0.383 e. The average Bonchev–Trinajstić information content (AvgIpc) is 2.23. The van der Waals surface area contributed by atoms with Gasteiger partial charge in [-0.05, 0) is 35.0 Å². The Morgan fingerprint density at radius 3 is 2.53 bits per heavy atom. The molecule has 1 aromatic heterocycles. The molecule has 0 atom stereocenters. The van der Waals surface area contributed by atoms with Crippen LogP contribution in [0.15, 0.2) is 16.6 Å². The van der Waals surface area contributed by atoms with Gasteiger partial charge >= 0.3 is 18.3 Å². The number of rotatable bonds is 3. The molecule has 0 saturated heterocycles. The molecule has 0 bridgehead atoms. The average molecular weight is 315 g/mol. The first-order chi connectivity index (χ1) is 7.75. The fourth-order valence-corrected chi connectivity index (χ4v) is 1.13. The molecule has 1 aromatic rings. The van der Waals surface area contributed by atoms with E-state index in [0.717, 1.165) is 0 Å². The van der Waals surface area contributed by atoms with Crippen LogP contribution < -0.4 is 5.32 Å². The van der Waals surface area contributed by atoms with Crippen LogP contribution in [0.3, 0.4) is 0 Å². The Hall–Kier alpha value is -1.18. The lowest BCUT2D eigenvalue weighted by Gasteiger charge is -2.14. The highest BCUT2D eigenvalue weighted by atomic mass is 79.9. The van der Waals surface area contributed by atoms with Crippen LogP contribution in [0.1, 0.15) is 5.69 Å². The smallest absolute Gasteiger partial charge is 0.305 e. The van der Waals surface area contributed by atoms with Crippen LogP contribution in [-0.2, 0) is 4.79 Å². The van der Waals surface area contributed by atoms with E-state index in [2.05, 4.69) is 20.9 Å². The summed E-state index contributed by atoms with van der Waals surface area (Å²) in [6.07, 6.45) is -4.06. The van der Waals surface area contributed by atoms with Gasteiger partial charge in [0.15, 0.2) is 0 Å². The summed E-state index contributed by atoms with van der Waals surface area (Å²) in [4.78, 5) is 14.6. The van der Waals surface area contributed by atoms with Crippen molar-refractivity contribution in [3.63, 3.8) is 0 Å². The van der Waals surface area contributed by atoms with Crippen LogP contribution in [0.4, 0.5) is 23.4 Å². The second kappa shape index (κ2) is 4.99. The van der Waals surface area contributed by atoms with Crippen molar-refractivity contribution in [1.82, 2.24) is 4.98 Å². The number of aryl methyl sites for hydroxylation is 1. The van der Waals surface area contributed by atoms with E-state index in [1.807, 2.05) is 0 Å². The van der Waals surface area contributed by atoms with E-state index in [0.29, 0.717) is 10.2 Å². The SMILES string of the molecule is Cc1nc(NC(=O)C(F)(F)C(F)F)ccc1Br. The van der Waals surface area contributed by atoms with Crippen molar-refractivity contribution in [3.8, 4) is 0 Å². The van der Waals surface area contributed by atoms with Gasteiger partial charge < -0.3 is 5.32 Å². The fourth-order valence-electron chi connectivity index (χ4n) is 0.912. The van der Waals surface area contributed by atoms with Crippen molar-refractivity contribution in [1.29, 1.82) is 0 Å². The number of carbonyl (C=O) groups excluding carboxylic acids is 1. The van der Waals surface area contributed by atoms with E-state index in [4.69, 9.17) is 0 Å². The molecule has 8 heteroatoms. The van der Waals surface area contributed by atoms with Gasteiger partial charge in [-0.3, -0.25) is 4.79 Å². The van der Waals surface area contributed by atoms with Gasteiger partial charge in [-0.2, -0.15) is 8.78 Å². The molecular weight excluding hydrogens is 308 g/mol. The van der Waals surface area contributed by atoms with E-state index in [-0.39, 0.29) is 5.82 Å². The zero-order valence-electron chi connectivity index (χ0n) is 8.48. The lowest BCUT2D eigenvalue weighted by atomic mass is 10.3. The van der Waals surface area contributed by atoms with E-state index in [1.165, 1.54) is 12.1 Å². The van der Waals surface area contributed by atoms with Crippen molar-refractivity contribution in [3.05, 3.63) is 22.3 Å². The predicted molar refractivity (Wildman–Crippen MR) is 56.3 cm³/mol. The maximum atomic E-state index is 12.6. The van der Waals surface area contributed by atoms with Gasteiger partial charge in [0, 0.05) is 4.47 Å². The largest absolute Gasteiger partial charge is 0.383 e. The second-order valence-electron chi connectivity index (χ2n) is 3.14. The Bertz CT molecular complexity index is 439. The molecule has 1 N–H and O–H groups in total. The molecule has 0 aliphatic heterocycles. The van der Waals surface area contributed by atoms with Crippen molar-refractivity contribution in [2.24, 2.45) is 0 Å². The summed E-state index contributed by atoms with van der Waals surface area (Å²) < 4.78 is 49.6. The number of nitrogens with one attached hydrogen (secondary N) is 1. The molecule has 0 saturated carbocycles. The van der Waals surface area contributed by atoms with Gasteiger partial charge in [0.05, 0.1) is 5.69 Å². The zero-order chi connectivity index (χ0) is 13.2. The molecule has 1 heterocycles. The molecule has 0 aromatic carbocycles. The normalized spacial score (nSPS) is 11.7. The Labute approximate surface area is 102 Å². The molecule has 17 heavy (non-hydrogen) atoms. The highest BCUT2D eigenvalue weighted by Crippen LogP contribution is 2.25. The number of aromatic nitrogens is 1. The van der Waals surface area contributed by atoms with Crippen molar-refractivity contribution >= 4 is 27.7 Å². The quantitative estimate of drug-likeness (QED) is 0.871. The summed E-state index contributed by atoms with van der Waals surface area (Å²) in [7, 11) is 0. The number of hydrogen-bond donors (Lipinski definition) is 1. The number of pyridine rings is 1. The number of amides is 1. The molecule has 3 nitrogen and oxygen atoms in total. The minimum absolute atomic E-state index is 0.212. The number of anilines is 1. The molecule has 94 valence electrons. The summed E-state index contributed by atoms with van der Waals surface area (Å²) in [6.45, 7) is 1.56. The molecule has 0 unspecified atom stereocenters. The third-order valence-corrected chi connectivity index (χ3v) is 2.68. The van der Waals surface area contributed by atoms with E-state index < -0.39 is 18.3 Å². The molecule has 0 radical (unpaired) electrons. The molecular formula is C9H7BrF4N2O. The zero-order valence-corrected chi connectivity index (χ0v) is 10.1. The van der Waals surface area contributed by atoms with Crippen molar-refractivity contribution in [2.75, 3.05) is 5.32 Å². The number of nitrogens with zero attached hydrogens (tertiary/aromatic N) is 1. The standard InChI is InChI=1S/C9H7BrF4N2O/c1-4-5(10)2-3-6(15-4)16-8(17)9(13,14)7(11)12/h2-3,7H,1H3,(H,15,16,17). The van der Waals surface area contributed by atoms with E-state index >= 15 is 0 Å². The fraction of sp³-hybridized carbons (Fsp3) is 0.333. The van der Waals surface area contributed by atoms with Gasteiger partial charge in [-0.15, -0.1) is 0 Å².